The van der Waals surface area contributed by atoms with Crippen LogP contribution in [0.4, 0.5) is 0 Å². The van der Waals surface area contributed by atoms with Crippen molar-refractivity contribution in [2.45, 2.75) is 26.4 Å². The van der Waals surface area contributed by atoms with Crippen LogP contribution in [0.1, 0.15) is 35.9 Å². The van der Waals surface area contributed by atoms with E-state index in [4.69, 9.17) is 0 Å². The summed E-state index contributed by atoms with van der Waals surface area (Å²) in [5, 5.41) is 10.1. The molecule has 0 fully saturated rings. The molecule has 4 heteroatoms. The number of benzene rings is 1. The maximum atomic E-state index is 11.3. The molecule has 102 valence electrons. The van der Waals surface area contributed by atoms with Crippen molar-refractivity contribution >= 4 is 16.9 Å². The highest BCUT2D eigenvalue weighted by atomic mass is 16.4. The lowest BCUT2D eigenvalue weighted by atomic mass is 10.1. The molecule has 0 saturated carbocycles. The van der Waals surface area contributed by atoms with Gasteiger partial charge in [-0.15, -0.1) is 0 Å². The number of fused-ring (bicyclic) bond motifs is 1. The van der Waals surface area contributed by atoms with E-state index in [1.807, 2.05) is 32.3 Å². The molecule has 0 spiro atoms. The van der Waals surface area contributed by atoms with Crippen molar-refractivity contribution in [3.05, 3.63) is 35.5 Å². The molecule has 0 saturated heterocycles. The van der Waals surface area contributed by atoms with Gasteiger partial charge in [0.05, 0.1) is 5.56 Å². The minimum Gasteiger partial charge on any atom is -0.478 e. The number of hydrogen-bond acceptors (Lipinski definition) is 2. The van der Waals surface area contributed by atoms with Crippen LogP contribution in [0, 0.1) is 0 Å². The van der Waals surface area contributed by atoms with E-state index < -0.39 is 5.97 Å². The van der Waals surface area contributed by atoms with Gasteiger partial charge in [-0.3, -0.25) is 0 Å². The van der Waals surface area contributed by atoms with Gasteiger partial charge < -0.3 is 14.6 Å². The summed E-state index contributed by atoms with van der Waals surface area (Å²) in [5.74, 6) is -0.872. The summed E-state index contributed by atoms with van der Waals surface area (Å²) in [6.07, 6.45) is 0. The Morgan fingerprint density at radius 3 is 2.58 bits per heavy atom. The fraction of sp³-hybridized carbons (Fsp3) is 0.400. The summed E-state index contributed by atoms with van der Waals surface area (Å²) in [7, 11) is 4.03. The quantitative estimate of drug-likeness (QED) is 0.919. The number of carbonyl (C=O) groups is 1. The molecule has 0 atom stereocenters. The molecule has 0 radical (unpaired) electrons. The molecule has 19 heavy (non-hydrogen) atoms. The summed E-state index contributed by atoms with van der Waals surface area (Å²) in [5.41, 5.74) is 2.51. The van der Waals surface area contributed by atoms with E-state index in [0.717, 1.165) is 23.1 Å². The first kappa shape index (κ1) is 13.6. The van der Waals surface area contributed by atoms with Crippen LogP contribution in [-0.4, -0.2) is 34.6 Å². The lowest BCUT2D eigenvalue weighted by Crippen LogP contribution is -2.15. The van der Waals surface area contributed by atoms with E-state index in [9.17, 15) is 9.90 Å². The minimum absolute atomic E-state index is 0.302. The molecule has 0 aliphatic rings. The first-order chi connectivity index (χ1) is 8.91. The molecule has 0 bridgehead atoms. The second-order valence-corrected chi connectivity index (χ2v) is 5.38. The van der Waals surface area contributed by atoms with Gasteiger partial charge >= 0.3 is 5.97 Å². The smallest absolute Gasteiger partial charge is 0.336 e. The maximum Gasteiger partial charge on any atom is 0.336 e. The Labute approximate surface area is 113 Å². The van der Waals surface area contributed by atoms with Crippen molar-refractivity contribution in [3.8, 4) is 0 Å². The van der Waals surface area contributed by atoms with E-state index >= 15 is 0 Å². The van der Waals surface area contributed by atoms with Crippen LogP contribution in [0.5, 0.6) is 0 Å². The number of aromatic nitrogens is 1. The third kappa shape index (κ3) is 2.49. The van der Waals surface area contributed by atoms with Gasteiger partial charge in [-0.25, -0.2) is 4.79 Å². The highest BCUT2D eigenvalue weighted by Gasteiger charge is 2.16. The van der Waals surface area contributed by atoms with E-state index in [0.29, 0.717) is 11.6 Å². The molecule has 0 aliphatic carbocycles. The molecule has 1 aromatic carbocycles. The first-order valence-electron chi connectivity index (χ1n) is 6.42. The minimum atomic E-state index is -0.872. The fourth-order valence-electron chi connectivity index (χ4n) is 2.55. The van der Waals surface area contributed by atoms with Gasteiger partial charge in [-0.1, -0.05) is 6.07 Å². The number of hydrogen-bond donors (Lipinski definition) is 1. The summed E-state index contributed by atoms with van der Waals surface area (Å²) in [6.45, 7) is 5.03. The van der Waals surface area contributed by atoms with E-state index in [1.54, 1.807) is 6.07 Å². The van der Waals surface area contributed by atoms with Gasteiger partial charge in [0.15, 0.2) is 0 Å². The van der Waals surface area contributed by atoms with Gasteiger partial charge in [0, 0.05) is 29.2 Å². The van der Waals surface area contributed by atoms with Crippen LogP contribution in [0.2, 0.25) is 0 Å². The Hall–Kier alpha value is -1.81. The first-order valence-corrected chi connectivity index (χ1v) is 6.42. The average Bonchev–Trinajstić information content (AvgIpc) is 2.64. The van der Waals surface area contributed by atoms with Gasteiger partial charge in [-0.2, -0.15) is 0 Å². The van der Waals surface area contributed by atoms with Crippen molar-refractivity contribution in [3.63, 3.8) is 0 Å². The Morgan fingerprint density at radius 1 is 1.37 bits per heavy atom. The van der Waals surface area contributed by atoms with Crippen molar-refractivity contribution < 1.29 is 9.90 Å². The zero-order chi connectivity index (χ0) is 14.2. The summed E-state index contributed by atoms with van der Waals surface area (Å²) >= 11 is 0. The third-order valence-corrected chi connectivity index (χ3v) is 3.19. The van der Waals surface area contributed by atoms with Crippen LogP contribution in [-0.2, 0) is 6.54 Å². The molecule has 4 nitrogen and oxygen atoms in total. The van der Waals surface area contributed by atoms with Crippen LogP contribution in [0.3, 0.4) is 0 Å². The molecule has 2 aromatic rings. The van der Waals surface area contributed by atoms with E-state index in [1.165, 1.54) is 0 Å². The second kappa shape index (κ2) is 5.05. The molecule has 1 aromatic heterocycles. The topological polar surface area (TPSA) is 45.5 Å². The molecular weight excluding hydrogens is 240 g/mol. The highest BCUT2D eigenvalue weighted by Crippen LogP contribution is 2.27. The lowest BCUT2D eigenvalue weighted by molar-refractivity contribution is 0.0699. The molecule has 0 unspecified atom stereocenters. The van der Waals surface area contributed by atoms with Crippen LogP contribution in [0.15, 0.2) is 24.3 Å². The summed E-state index contributed by atoms with van der Waals surface area (Å²) in [4.78, 5) is 13.4. The van der Waals surface area contributed by atoms with Crippen LogP contribution >= 0.6 is 0 Å². The second-order valence-electron chi connectivity index (χ2n) is 5.38. The van der Waals surface area contributed by atoms with Crippen molar-refractivity contribution in [1.29, 1.82) is 0 Å². The van der Waals surface area contributed by atoms with Gasteiger partial charge in [0.1, 0.15) is 0 Å². The third-order valence-electron chi connectivity index (χ3n) is 3.19. The highest BCUT2D eigenvalue weighted by molar-refractivity contribution is 6.03. The molecule has 1 N–H and O–H groups in total. The zero-order valence-corrected chi connectivity index (χ0v) is 11.8. The van der Waals surface area contributed by atoms with Gasteiger partial charge in [0.2, 0.25) is 0 Å². The predicted octanol–water partition coefficient (Wildman–Crippen LogP) is 2.98. The van der Waals surface area contributed by atoms with Crippen LogP contribution in [0.25, 0.3) is 10.9 Å². The summed E-state index contributed by atoms with van der Waals surface area (Å²) in [6, 6.07) is 7.76. The fourth-order valence-corrected chi connectivity index (χ4v) is 2.55. The van der Waals surface area contributed by atoms with Crippen LogP contribution < -0.4 is 0 Å². The Balaban J connectivity index is 2.72. The molecule has 2 rings (SSSR count). The molecule has 0 aliphatic heterocycles. The Bertz CT molecular complexity index is 612. The van der Waals surface area contributed by atoms with Crippen molar-refractivity contribution in [2.75, 3.05) is 14.1 Å². The standard InChI is InChI=1S/C15H20N2O2/c1-10(2)17-11(9-16(3)4)8-13-12(15(18)19)6-5-7-14(13)17/h5-8,10H,9H2,1-4H3,(H,18,19). The van der Waals surface area contributed by atoms with Gasteiger partial charge in [0.25, 0.3) is 0 Å². The summed E-state index contributed by atoms with van der Waals surface area (Å²) < 4.78 is 2.21. The maximum absolute atomic E-state index is 11.3. The SMILES string of the molecule is CC(C)n1c(CN(C)C)cc2c(C(=O)O)cccc21. The lowest BCUT2D eigenvalue weighted by Gasteiger charge is -2.17. The van der Waals surface area contributed by atoms with Gasteiger partial charge in [-0.05, 0) is 46.1 Å². The number of carboxylic acids is 1. The molecule has 0 amide bonds. The molecule has 1 heterocycles. The van der Waals surface area contributed by atoms with Crippen molar-refractivity contribution in [1.82, 2.24) is 9.47 Å². The predicted molar refractivity (Wildman–Crippen MR) is 76.7 cm³/mol. The Morgan fingerprint density at radius 2 is 2.05 bits per heavy atom. The normalized spacial score (nSPS) is 11.7. The van der Waals surface area contributed by atoms with Crippen molar-refractivity contribution in [2.24, 2.45) is 0 Å². The number of carboxylic acid groups (broad SMARTS) is 1. The number of aromatic carboxylic acids is 1. The van der Waals surface area contributed by atoms with E-state index in [2.05, 4.69) is 23.3 Å². The monoisotopic (exact) mass is 260 g/mol. The Kier molecular flexibility index (Phi) is 3.62. The number of rotatable bonds is 4. The largest absolute Gasteiger partial charge is 0.478 e. The van der Waals surface area contributed by atoms with E-state index in [-0.39, 0.29) is 0 Å². The average molecular weight is 260 g/mol. The zero-order valence-electron chi connectivity index (χ0n) is 11.8. The molecular formula is C15H20N2O2. The number of nitrogens with zero attached hydrogens (tertiary/aromatic N) is 2.